The van der Waals surface area contributed by atoms with Gasteiger partial charge in [-0.15, -0.1) is 0 Å². The molecule has 0 fully saturated rings. The molecule has 1 aliphatic heterocycles. The number of esters is 1. The lowest BCUT2D eigenvalue weighted by Gasteiger charge is -2.24. The van der Waals surface area contributed by atoms with Crippen molar-refractivity contribution in [2.24, 2.45) is 4.99 Å². The van der Waals surface area contributed by atoms with Crippen molar-refractivity contribution in [1.29, 1.82) is 0 Å². The fourth-order valence-electron chi connectivity index (χ4n) is 3.87. The van der Waals surface area contributed by atoms with Crippen molar-refractivity contribution in [3.63, 3.8) is 0 Å². The molecule has 2 aromatic carbocycles. The number of nitrogens with zero attached hydrogens (tertiary/aromatic N) is 2. The van der Waals surface area contributed by atoms with Crippen LogP contribution in [0.25, 0.3) is 6.08 Å². The molecule has 0 aliphatic carbocycles. The predicted molar refractivity (Wildman–Crippen MR) is 131 cm³/mol. The minimum Gasteiger partial charge on any atom is -0.497 e. The molecule has 0 unspecified atom stereocenters. The Kier molecular flexibility index (Phi) is 6.98. The van der Waals surface area contributed by atoms with Crippen LogP contribution in [-0.2, 0) is 9.53 Å². The normalized spacial score (nSPS) is 15.5. The second-order valence-electron chi connectivity index (χ2n) is 7.58. The number of carbonyl (C=O) groups excluding carboxylic acids is 1. The summed E-state index contributed by atoms with van der Waals surface area (Å²) in [6.07, 6.45) is 1.83. The number of methoxy groups -OCH3 is 1. The molecule has 4 rings (SSSR count). The Labute approximate surface area is 201 Å². The fourth-order valence-corrected chi connectivity index (χ4v) is 4.92. The third-order valence-electron chi connectivity index (χ3n) is 5.44. The summed E-state index contributed by atoms with van der Waals surface area (Å²) in [7, 11) is 1.59. The van der Waals surface area contributed by atoms with Gasteiger partial charge in [0.1, 0.15) is 11.5 Å². The number of allylic oxidation sites excluding steroid dienone is 1. The number of ether oxygens (including phenoxy) is 3. The van der Waals surface area contributed by atoms with Crippen LogP contribution >= 0.6 is 11.3 Å². The van der Waals surface area contributed by atoms with Crippen molar-refractivity contribution in [3.05, 3.63) is 90.6 Å². The first-order valence-electron chi connectivity index (χ1n) is 11.0. The summed E-state index contributed by atoms with van der Waals surface area (Å²) in [6.45, 7) is 6.27. The van der Waals surface area contributed by atoms with E-state index in [-0.39, 0.29) is 12.2 Å². The molecule has 8 heteroatoms. The van der Waals surface area contributed by atoms with Crippen molar-refractivity contribution in [1.82, 2.24) is 4.57 Å². The highest BCUT2D eigenvalue weighted by atomic mass is 32.1. The average Bonchev–Trinajstić information content (AvgIpc) is 3.14. The van der Waals surface area contributed by atoms with Gasteiger partial charge in [0.25, 0.3) is 5.56 Å². The predicted octanol–water partition coefficient (Wildman–Crippen LogP) is 3.21. The van der Waals surface area contributed by atoms with Crippen LogP contribution in [0.1, 0.15) is 37.9 Å². The lowest BCUT2D eigenvalue weighted by Crippen LogP contribution is -2.39. The molecular weight excluding hydrogens is 452 g/mol. The third-order valence-corrected chi connectivity index (χ3v) is 6.42. The number of hydrogen-bond donors (Lipinski definition) is 0. The van der Waals surface area contributed by atoms with E-state index in [0.717, 1.165) is 16.9 Å². The van der Waals surface area contributed by atoms with E-state index in [9.17, 15) is 9.59 Å². The molecule has 34 heavy (non-hydrogen) atoms. The van der Waals surface area contributed by atoms with Crippen LogP contribution in [-0.4, -0.2) is 30.9 Å². The van der Waals surface area contributed by atoms with Gasteiger partial charge in [0.2, 0.25) is 0 Å². The highest BCUT2D eigenvalue weighted by Gasteiger charge is 2.33. The average molecular weight is 479 g/mol. The highest BCUT2D eigenvalue weighted by molar-refractivity contribution is 7.07. The van der Waals surface area contributed by atoms with E-state index in [1.54, 1.807) is 25.5 Å². The van der Waals surface area contributed by atoms with Crippen LogP contribution in [0.2, 0.25) is 0 Å². The maximum absolute atomic E-state index is 13.6. The number of carbonyl (C=O) groups is 1. The van der Waals surface area contributed by atoms with Crippen LogP contribution in [0.15, 0.2) is 69.6 Å². The molecule has 0 N–H and O–H groups in total. The van der Waals surface area contributed by atoms with E-state index < -0.39 is 12.0 Å². The summed E-state index contributed by atoms with van der Waals surface area (Å²) in [6, 6.07) is 14.2. The van der Waals surface area contributed by atoms with Crippen molar-refractivity contribution in [2.75, 3.05) is 20.3 Å². The van der Waals surface area contributed by atoms with E-state index in [0.29, 0.717) is 33.0 Å². The van der Waals surface area contributed by atoms with E-state index >= 15 is 0 Å². The molecule has 3 aromatic rings. The van der Waals surface area contributed by atoms with Gasteiger partial charge in [0.05, 0.1) is 42.2 Å². The van der Waals surface area contributed by atoms with Gasteiger partial charge >= 0.3 is 5.97 Å². The van der Waals surface area contributed by atoms with Gasteiger partial charge in [-0.1, -0.05) is 35.6 Å². The summed E-state index contributed by atoms with van der Waals surface area (Å²) in [5, 5.41) is 0. The van der Waals surface area contributed by atoms with Gasteiger partial charge in [0.15, 0.2) is 4.80 Å². The minimum absolute atomic E-state index is 0.215. The Morgan fingerprint density at radius 2 is 1.74 bits per heavy atom. The van der Waals surface area contributed by atoms with Gasteiger partial charge in [-0.3, -0.25) is 9.36 Å². The molecule has 0 spiro atoms. The van der Waals surface area contributed by atoms with Crippen molar-refractivity contribution < 1.29 is 19.0 Å². The molecule has 1 aliphatic rings. The smallest absolute Gasteiger partial charge is 0.338 e. The maximum atomic E-state index is 13.6. The number of rotatable bonds is 7. The van der Waals surface area contributed by atoms with Gasteiger partial charge in [0, 0.05) is 0 Å². The zero-order valence-electron chi connectivity index (χ0n) is 19.5. The quantitative estimate of drug-likeness (QED) is 0.488. The number of aromatic nitrogens is 1. The molecule has 0 amide bonds. The van der Waals surface area contributed by atoms with E-state index in [1.807, 2.05) is 61.5 Å². The zero-order chi connectivity index (χ0) is 24.2. The standard InChI is InChI=1S/C26H26N2O5S/c1-5-32-20-11-7-17(8-12-20)15-21-24(29)28-23(18-9-13-19(31-4)14-10-18)22(25(30)33-6-2)16(3)27-26(28)34-21/h7-15,23H,5-6H2,1-4H3/b21-15+/t23-/m1/s1. The SMILES string of the molecule is CCOC(=O)C1=C(C)N=c2s/c(=C/c3ccc(OCC)cc3)c(=O)n2[C@@H]1c1ccc(OC)cc1. The Hall–Kier alpha value is -3.65. The number of benzene rings is 2. The topological polar surface area (TPSA) is 79.1 Å². The monoisotopic (exact) mass is 478 g/mol. The Morgan fingerprint density at radius 3 is 2.35 bits per heavy atom. The summed E-state index contributed by atoms with van der Waals surface area (Å²) < 4.78 is 18.2. The molecule has 2 heterocycles. The first kappa shape index (κ1) is 23.5. The number of thiazole rings is 1. The lowest BCUT2D eigenvalue weighted by atomic mass is 9.96. The number of hydrogen-bond acceptors (Lipinski definition) is 7. The highest BCUT2D eigenvalue weighted by Crippen LogP contribution is 2.31. The number of fused-ring (bicyclic) bond motifs is 1. The molecule has 176 valence electrons. The van der Waals surface area contributed by atoms with E-state index in [4.69, 9.17) is 14.2 Å². The fraction of sp³-hybridized carbons (Fsp3) is 0.269. The van der Waals surface area contributed by atoms with E-state index in [2.05, 4.69) is 4.99 Å². The summed E-state index contributed by atoms with van der Waals surface area (Å²) >= 11 is 1.29. The molecule has 7 nitrogen and oxygen atoms in total. The van der Waals surface area contributed by atoms with Crippen LogP contribution in [0, 0.1) is 0 Å². The minimum atomic E-state index is -0.649. The first-order valence-corrected chi connectivity index (χ1v) is 11.8. The molecule has 1 atom stereocenters. The third kappa shape index (κ3) is 4.54. The molecule has 0 bridgehead atoms. The second kappa shape index (κ2) is 10.1. The van der Waals surface area contributed by atoms with Crippen molar-refractivity contribution in [2.45, 2.75) is 26.8 Å². The molecule has 0 saturated heterocycles. The Morgan fingerprint density at radius 1 is 1.06 bits per heavy atom. The summed E-state index contributed by atoms with van der Waals surface area (Å²) in [5.74, 6) is 0.978. The zero-order valence-corrected chi connectivity index (χ0v) is 20.3. The second-order valence-corrected chi connectivity index (χ2v) is 8.59. The van der Waals surface area contributed by atoms with E-state index in [1.165, 1.54) is 11.3 Å². The van der Waals surface area contributed by atoms with Gasteiger partial charge in [-0.25, -0.2) is 9.79 Å². The molecule has 0 radical (unpaired) electrons. The first-order chi connectivity index (χ1) is 16.5. The van der Waals surface area contributed by atoms with Crippen molar-refractivity contribution >= 4 is 23.4 Å². The van der Waals surface area contributed by atoms with Crippen LogP contribution in [0.3, 0.4) is 0 Å². The molecule has 0 saturated carbocycles. The van der Waals surface area contributed by atoms with Crippen LogP contribution in [0.4, 0.5) is 0 Å². The van der Waals surface area contributed by atoms with Gasteiger partial charge < -0.3 is 14.2 Å². The summed E-state index contributed by atoms with van der Waals surface area (Å²) in [5.41, 5.74) is 2.32. The summed E-state index contributed by atoms with van der Waals surface area (Å²) in [4.78, 5) is 31.6. The molecule has 1 aromatic heterocycles. The maximum Gasteiger partial charge on any atom is 0.338 e. The van der Waals surface area contributed by atoms with Crippen LogP contribution < -0.4 is 24.4 Å². The largest absolute Gasteiger partial charge is 0.497 e. The lowest BCUT2D eigenvalue weighted by molar-refractivity contribution is -0.139. The van der Waals surface area contributed by atoms with Gasteiger partial charge in [-0.05, 0) is 62.2 Å². The Bertz CT molecular complexity index is 1400. The van der Waals surface area contributed by atoms with Crippen molar-refractivity contribution in [3.8, 4) is 11.5 Å². The Balaban J connectivity index is 1.87. The van der Waals surface area contributed by atoms with Gasteiger partial charge in [-0.2, -0.15) is 0 Å². The van der Waals surface area contributed by atoms with Crippen LogP contribution in [0.5, 0.6) is 11.5 Å². The molecular formula is C26H26N2O5S.